The van der Waals surface area contributed by atoms with Crippen LogP contribution < -0.4 is 10.9 Å². The van der Waals surface area contributed by atoms with Crippen LogP contribution in [0.15, 0.2) is 53.3 Å². The van der Waals surface area contributed by atoms with Gasteiger partial charge in [0.05, 0.1) is 23.6 Å². The molecule has 0 bridgehead atoms. The zero-order valence-corrected chi connectivity index (χ0v) is 20.0. The van der Waals surface area contributed by atoms with Gasteiger partial charge in [0.15, 0.2) is 0 Å². The molecule has 4 aromatic rings. The molecular formula is C26H31N5O3. The quantitative estimate of drug-likeness (QED) is 0.366. The average Bonchev–Trinajstić information content (AvgIpc) is 3.25. The van der Waals surface area contributed by atoms with E-state index in [4.69, 9.17) is 4.74 Å². The highest BCUT2D eigenvalue weighted by Crippen LogP contribution is 2.17. The predicted molar refractivity (Wildman–Crippen MR) is 132 cm³/mol. The first-order chi connectivity index (χ1) is 16.4. The van der Waals surface area contributed by atoms with Gasteiger partial charge in [-0.2, -0.15) is 0 Å². The van der Waals surface area contributed by atoms with Crippen molar-refractivity contribution in [2.45, 2.75) is 52.7 Å². The molecule has 4 rings (SSSR count). The molecule has 0 aliphatic rings. The summed E-state index contributed by atoms with van der Waals surface area (Å²) in [5, 5.41) is 12.2. The van der Waals surface area contributed by atoms with Crippen LogP contribution in [0.5, 0.6) is 0 Å². The molecule has 2 aromatic heterocycles. The van der Waals surface area contributed by atoms with E-state index in [9.17, 15) is 9.59 Å². The fourth-order valence-corrected chi connectivity index (χ4v) is 3.93. The first-order valence-electron chi connectivity index (χ1n) is 11.7. The van der Waals surface area contributed by atoms with Crippen LogP contribution >= 0.6 is 0 Å². The fraction of sp³-hybridized carbons (Fsp3) is 0.385. The largest absolute Gasteiger partial charge is 0.379 e. The van der Waals surface area contributed by atoms with Gasteiger partial charge in [-0.15, -0.1) is 10.2 Å². The van der Waals surface area contributed by atoms with Crippen LogP contribution in [0.25, 0.3) is 16.7 Å². The molecule has 0 unspecified atom stereocenters. The number of nitrogens with one attached hydrogen (secondary N) is 1. The number of rotatable bonds is 10. The molecule has 0 atom stereocenters. The Morgan fingerprint density at radius 3 is 2.62 bits per heavy atom. The van der Waals surface area contributed by atoms with Crippen molar-refractivity contribution in [3.63, 3.8) is 0 Å². The number of hydrogen-bond acceptors (Lipinski definition) is 5. The van der Waals surface area contributed by atoms with Gasteiger partial charge in [-0.3, -0.25) is 18.6 Å². The Morgan fingerprint density at radius 2 is 1.85 bits per heavy atom. The minimum absolute atomic E-state index is 0.0430. The van der Waals surface area contributed by atoms with Crippen molar-refractivity contribution < 1.29 is 9.53 Å². The molecule has 0 fully saturated rings. The van der Waals surface area contributed by atoms with Crippen LogP contribution in [0.4, 0.5) is 0 Å². The standard InChI is InChI=1S/C26H31N5O3/c1-18(2)34-16-6-15-27-24(32)14-13-23-28-29-26-30(17-20-11-9-19(3)10-12-20)25(33)21-7-4-5-8-22(21)31(23)26/h4-5,7-12,18H,6,13-17H2,1-3H3,(H,27,32). The molecule has 2 heterocycles. The highest BCUT2D eigenvalue weighted by molar-refractivity contribution is 5.80. The Balaban J connectivity index is 1.57. The Labute approximate surface area is 198 Å². The van der Waals surface area contributed by atoms with Crippen LogP contribution in [-0.4, -0.2) is 44.3 Å². The summed E-state index contributed by atoms with van der Waals surface area (Å²) < 4.78 is 9.05. The highest BCUT2D eigenvalue weighted by Gasteiger charge is 2.17. The van der Waals surface area contributed by atoms with E-state index < -0.39 is 0 Å². The number of carbonyl (C=O) groups is 1. The number of fused-ring (bicyclic) bond motifs is 3. The average molecular weight is 462 g/mol. The molecule has 0 saturated carbocycles. The van der Waals surface area contributed by atoms with Crippen molar-refractivity contribution in [2.75, 3.05) is 13.2 Å². The molecular weight excluding hydrogens is 430 g/mol. The Morgan fingerprint density at radius 1 is 1.09 bits per heavy atom. The summed E-state index contributed by atoms with van der Waals surface area (Å²) >= 11 is 0. The molecule has 0 aliphatic carbocycles. The number of nitrogens with zero attached hydrogens (tertiary/aromatic N) is 4. The van der Waals surface area contributed by atoms with Crippen LogP contribution in [0.1, 0.15) is 43.6 Å². The second-order valence-electron chi connectivity index (χ2n) is 8.77. The van der Waals surface area contributed by atoms with E-state index >= 15 is 0 Å². The molecule has 8 nitrogen and oxygen atoms in total. The topological polar surface area (TPSA) is 90.5 Å². The summed E-state index contributed by atoms with van der Waals surface area (Å²) in [6.45, 7) is 7.61. The smallest absolute Gasteiger partial charge is 0.263 e. The third-order valence-electron chi connectivity index (χ3n) is 5.71. The lowest BCUT2D eigenvalue weighted by molar-refractivity contribution is -0.121. The Kier molecular flexibility index (Phi) is 7.37. The predicted octanol–water partition coefficient (Wildman–Crippen LogP) is 3.26. The van der Waals surface area contributed by atoms with Crippen molar-refractivity contribution in [3.8, 4) is 0 Å². The van der Waals surface area contributed by atoms with E-state index in [0.29, 0.717) is 43.1 Å². The van der Waals surface area contributed by atoms with Crippen LogP contribution in [0.2, 0.25) is 0 Å². The van der Waals surface area contributed by atoms with E-state index in [0.717, 1.165) is 23.1 Å². The van der Waals surface area contributed by atoms with E-state index in [2.05, 4.69) is 15.5 Å². The molecule has 1 amide bonds. The zero-order chi connectivity index (χ0) is 24.1. The van der Waals surface area contributed by atoms with Gasteiger partial charge >= 0.3 is 0 Å². The van der Waals surface area contributed by atoms with Gasteiger partial charge in [0.1, 0.15) is 5.82 Å². The third-order valence-corrected chi connectivity index (χ3v) is 5.71. The lowest BCUT2D eigenvalue weighted by atomic mass is 10.1. The summed E-state index contributed by atoms with van der Waals surface area (Å²) in [7, 11) is 0. The van der Waals surface area contributed by atoms with Crippen molar-refractivity contribution in [1.82, 2.24) is 24.5 Å². The number of aryl methyl sites for hydroxylation is 2. The number of hydrogen-bond donors (Lipinski definition) is 1. The maximum absolute atomic E-state index is 13.3. The maximum atomic E-state index is 13.3. The number of benzene rings is 2. The molecule has 2 aromatic carbocycles. The SMILES string of the molecule is Cc1ccc(Cn2c(=O)c3ccccc3n3c(CCC(=O)NCCCOC(C)C)nnc23)cc1. The number of ether oxygens (including phenoxy) is 1. The van der Waals surface area contributed by atoms with Crippen molar-refractivity contribution in [3.05, 3.63) is 75.8 Å². The molecule has 8 heteroatoms. The summed E-state index contributed by atoms with van der Waals surface area (Å²) in [6, 6.07) is 15.5. The number of amides is 1. The van der Waals surface area contributed by atoms with E-state index in [-0.39, 0.29) is 24.0 Å². The molecule has 0 aliphatic heterocycles. The number of carbonyl (C=O) groups excluding carboxylic acids is 1. The summed E-state index contributed by atoms with van der Waals surface area (Å²) in [6.07, 6.45) is 1.67. The van der Waals surface area contributed by atoms with E-state index in [1.54, 1.807) is 4.57 Å². The fourth-order valence-electron chi connectivity index (χ4n) is 3.93. The molecule has 34 heavy (non-hydrogen) atoms. The van der Waals surface area contributed by atoms with Gasteiger partial charge in [0.2, 0.25) is 11.7 Å². The molecule has 0 radical (unpaired) electrons. The normalized spacial score (nSPS) is 11.5. The number of para-hydroxylation sites is 1. The number of aromatic nitrogens is 4. The summed E-state index contributed by atoms with van der Waals surface area (Å²) in [5.41, 5.74) is 2.81. The molecule has 0 saturated heterocycles. The van der Waals surface area contributed by atoms with Gasteiger partial charge in [0.25, 0.3) is 5.56 Å². The molecule has 1 N–H and O–H groups in total. The van der Waals surface area contributed by atoms with Crippen molar-refractivity contribution in [1.29, 1.82) is 0 Å². The zero-order valence-electron chi connectivity index (χ0n) is 20.0. The van der Waals surface area contributed by atoms with Crippen LogP contribution in [0.3, 0.4) is 0 Å². The molecule has 178 valence electrons. The minimum atomic E-state index is -0.107. The van der Waals surface area contributed by atoms with Gasteiger partial charge < -0.3 is 10.1 Å². The van der Waals surface area contributed by atoms with Crippen molar-refractivity contribution in [2.24, 2.45) is 0 Å². The Bertz CT molecular complexity index is 1340. The minimum Gasteiger partial charge on any atom is -0.379 e. The highest BCUT2D eigenvalue weighted by atomic mass is 16.5. The van der Waals surface area contributed by atoms with Gasteiger partial charge in [0, 0.05) is 26.0 Å². The van der Waals surface area contributed by atoms with E-state index in [1.807, 2.05) is 73.7 Å². The second kappa shape index (κ2) is 10.6. The van der Waals surface area contributed by atoms with Crippen LogP contribution in [0, 0.1) is 6.92 Å². The first kappa shape index (κ1) is 23.6. The lowest BCUT2D eigenvalue weighted by Crippen LogP contribution is -2.26. The third kappa shape index (κ3) is 5.34. The Hall–Kier alpha value is -3.52. The van der Waals surface area contributed by atoms with E-state index in [1.165, 1.54) is 0 Å². The van der Waals surface area contributed by atoms with Gasteiger partial charge in [-0.05, 0) is 44.9 Å². The van der Waals surface area contributed by atoms with Gasteiger partial charge in [-0.1, -0.05) is 42.0 Å². The monoisotopic (exact) mass is 461 g/mol. The van der Waals surface area contributed by atoms with Crippen LogP contribution in [-0.2, 0) is 22.5 Å². The summed E-state index contributed by atoms with van der Waals surface area (Å²) in [5.74, 6) is 1.09. The molecule has 0 spiro atoms. The maximum Gasteiger partial charge on any atom is 0.263 e. The lowest BCUT2D eigenvalue weighted by Gasteiger charge is -2.12. The summed E-state index contributed by atoms with van der Waals surface area (Å²) in [4.78, 5) is 25.7. The van der Waals surface area contributed by atoms with Crippen molar-refractivity contribution >= 4 is 22.6 Å². The van der Waals surface area contributed by atoms with Gasteiger partial charge in [-0.25, -0.2) is 0 Å². The first-order valence-corrected chi connectivity index (χ1v) is 11.7. The second-order valence-corrected chi connectivity index (χ2v) is 8.77.